The summed E-state index contributed by atoms with van der Waals surface area (Å²) in [5.41, 5.74) is 5.17. The van der Waals surface area contributed by atoms with E-state index >= 15 is 0 Å². The highest BCUT2D eigenvalue weighted by Gasteiger charge is 2.12. The van der Waals surface area contributed by atoms with Crippen molar-refractivity contribution in [2.24, 2.45) is 5.73 Å². The average molecular weight is 190 g/mol. The van der Waals surface area contributed by atoms with Gasteiger partial charge in [-0.15, -0.1) is 0 Å². The average Bonchev–Trinajstić information content (AvgIpc) is 2.10. The molecule has 0 spiro atoms. The second-order valence-electron chi connectivity index (χ2n) is 2.61. The van der Waals surface area contributed by atoms with Gasteiger partial charge in [0, 0.05) is 6.42 Å². The number of nitrogens with two attached hydrogens (primary N) is 1. The third-order valence-electron chi connectivity index (χ3n) is 1.54. The highest BCUT2D eigenvalue weighted by atomic mass is 19.1. The maximum Gasteiger partial charge on any atom is 0.324 e. The maximum absolute atomic E-state index is 12.9. The van der Waals surface area contributed by atoms with Crippen molar-refractivity contribution in [3.63, 3.8) is 0 Å². The van der Waals surface area contributed by atoms with E-state index in [-0.39, 0.29) is 6.42 Å². The number of rotatable bonds is 6. The number of carboxylic acid groups (broad SMARTS) is 1. The predicted octanol–water partition coefficient (Wildman–Crippen LogP) is 0.251. The molecule has 0 aliphatic carbocycles. The molecule has 0 aliphatic heterocycles. The normalized spacial score (nSPS) is 14.2. The van der Waals surface area contributed by atoms with E-state index < -0.39 is 17.8 Å². The van der Waals surface area contributed by atoms with Crippen LogP contribution in [0, 0.1) is 0 Å². The molecule has 0 radical (unpaired) electrons. The van der Waals surface area contributed by atoms with Gasteiger partial charge < -0.3 is 16.2 Å². The molecule has 0 saturated heterocycles. The van der Waals surface area contributed by atoms with Crippen LogP contribution in [0.2, 0.25) is 0 Å². The summed E-state index contributed by atoms with van der Waals surface area (Å²) in [4.78, 5) is 10.4. The fourth-order valence-electron chi connectivity index (χ4n) is 0.813. The standard InChI is InChI=1S/C8H15FN2O2/c1-11-7(8(12)13)5-6(9)3-2-4-10/h5,7,11H,2-4,10H2,1H3,(H,12,13)/b6-5+/t7-/m0/s1. The Hall–Kier alpha value is -0.940. The second kappa shape index (κ2) is 6.56. The van der Waals surface area contributed by atoms with Gasteiger partial charge in [0.05, 0.1) is 5.83 Å². The molecular formula is C8H15FN2O2. The van der Waals surface area contributed by atoms with Crippen LogP contribution in [0.25, 0.3) is 0 Å². The van der Waals surface area contributed by atoms with E-state index in [0.717, 1.165) is 6.08 Å². The molecule has 0 amide bonds. The summed E-state index contributed by atoms with van der Waals surface area (Å²) in [6.45, 7) is 0.401. The summed E-state index contributed by atoms with van der Waals surface area (Å²) < 4.78 is 12.9. The molecule has 4 nitrogen and oxygen atoms in total. The van der Waals surface area contributed by atoms with Gasteiger partial charge in [-0.3, -0.25) is 4.79 Å². The minimum Gasteiger partial charge on any atom is -0.480 e. The molecule has 0 aromatic carbocycles. The number of nitrogens with one attached hydrogen (secondary N) is 1. The minimum atomic E-state index is -1.09. The fraction of sp³-hybridized carbons (Fsp3) is 0.625. The molecule has 0 bridgehead atoms. The van der Waals surface area contributed by atoms with Crippen LogP contribution in [-0.2, 0) is 4.79 Å². The zero-order valence-electron chi connectivity index (χ0n) is 7.59. The van der Waals surface area contributed by atoms with Gasteiger partial charge in [-0.2, -0.15) is 0 Å². The van der Waals surface area contributed by atoms with E-state index in [1.54, 1.807) is 0 Å². The molecule has 0 heterocycles. The molecule has 5 heteroatoms. The predicted molar refractivity (Wildman–Crippen MR) is 48.0 cm³/mol. The van der Waals surface area contributed by atoms with Crippen molar-refractivity contribution in [1.82, 2.24) is 5.32 Å². The van der Waals surface area contributed by atoms with Gasteiger partial charge in [-0.1, -0.05) is 0 Å². The molecule has 0 aliphatic rings. The van der Waals surface area contributed by atoms with Gasteiger partial charge in [0.1, 0.15) is 6.04 Å². The molecule has 13 heavy (non-hydrogen) atoms. The molecule has 0 aromatic heterocycles. The lowest BCUT2D eigenvalue weighted by Gasteiger charge is -2.05. The number of halogens is 1. The third-order valence-corrected chi connectivity index (χ3v) is 1.54. The number of allylic oxidation sites excluding steroid dienone is 1. The van der Waals surface area contributed by atoms with Crippen LogP contribution in [0.5, 0.6) is 0 Å². The van der Waals surface area contributed by atoms with Crippen LogP contribution in [0.4, 0.5) is 4.39 Å². The summed E-state index contributed by atoms with van der Waals surface area (Å²) in [5.74, 6) is -1.53. The van der Waals surface area contributed by atoms with Crippen LogP contribution >= 0.6 is 0 Å². The van der Waals surface area contributed by atoms with Crippen LogP contribution in [0.3, 0.4) is 0 Å². The van der Waals surface area contributed by atoms with Crippen LogP contribution in [0.15, 0.2) is 11.9 Å². The summed E-state index contributed by atoms with van der Waals surface area (Å²) in [7, 11) is 1.46. The van der Waals surface area contributed by atoms with Crippen LogP contribution in [-0.4, -0.2) is 30.7 Å². The summed E-state index contributed by atoms with van der Waals surface area (Å²) in [5, 5.41) is 11.0. The maximum atomic E-state index is 12.9. The van der Waals surface area contributed by atoms with Crippen molar-refractivity contribution >= 4 is 5.97 Å². The Bertz CT molecular complexity index is 195. The Kier molecular flexibility index (Phi) is 6.09. The molecule has 1 atom stereocenters. The van der Waals surface area contributed by atoms with E-state index in [9.17, 15) is 9.18 Å². The van der Waals surface area contributed by atoms with E-state index in [2.05, 4.69) is 5.32 Å². The van der Waals surface area contributed by atoms with E-state index in [1.807, 2.05) is 0 Å². The Balaban J connectivity index is 4.08. The van der Waals surface area contributed by atoms with Crippen molar-refractivity contribution < 1.29 is 14.3 Å². The third kappa shape index (κ3) is 5.32. The number of likely N-dealkylation sites (N-methyl/N-ethyl adjacent to an activating group) is 1. The minimum absolute atomic E-state index is 0.196. The first-order chi connectivity index (χ1) is 6.11. The Morgan fingerprint density at radius 3 is 2.77 bits per heavy atom. The van der Waals surface area contributed by atoms with Gasteiger partial charge in [-0.05, 0) is 26.1 Å². The Labute approximate surface area is 76.6 Å². The van der Waals surface area contributed by atoms with Crippen molar-refractivity contribution in [3.05, 3.63) is 11.9 Å². The SMILES string of the molecule is CN[C@@H](/C=C(/F)CCCN)C(=O)O. The highest BCUT2D eigenvalue weighted by Crippen LogP contribution is 2.06. The van der Waals surface area contributed by atoms with E-state index in [0.29, 0.717) is 13.0 Å². The van der Waals surface area contributed by atoms with Gasteiger partial charge in [0.25, 0.3) is 0 Å². The first-order valence-electron chi connectivity index (χ1n) is 4.08. The largest absolute Gasteiger partial charge is 0.480 e. The zero-order chi connectivity index (χ0) is 10.3. The van der Waals surface area contributed by atoms with Crippen LogP contribution < -0.4 is 11.1 Å². The smallest absolute Gasteiger partial charge is 0.324 e. The first kappa shape index (κ1) is 12.1. The molecule has 0 fully saturated rings. The van der Waals surface area contributed by atoms with Crippen LogP contribution in [0.1, 0.15) is 12.8 Å². The zero-order valence-corrected chi connectivity index (χ0v) is 7.59. The lowest BCUT2D eigenvalue weighted by molar-refractivity contribution is -0.138. The monoisotopic (exact) mass is 190 g/mol. The summed E-state index contributed by atoms with van der Waals surface area (Å²) in [6.07, 6.45) is 1.78. The van der Waals surface area contributed by atoms with E-state index in [4.69, 9.17) is 10.8 Å². The quantitative estimate of drug-likeness (QED) is 0.561. The highest BCUT2D eigenvalue weighted by molar-refractivity contribution is 5.75. The topological polar surface area (TPSA) is 75.3 Å². The Morgan fingerprint density at radius 2 is 2.38 bits per heavy atom. The summed E-state index contributed by atoms with van der Waals surface area (Å²) in [6, 6.07) is -0.960. The molecule has 4 N–H and O–H groups in total. The lowest BCUT2D eigenvalue weighted by atomic mass is 10.2. The van der Waals surface area contributed by atoms with Gasteiger partial charge >= 0.3 is 5.97 Å². The first-order valence-corrected chi connectivity index (χ1v) is 4.08. The number of hydrogen-bond donors (Lipinski definition) is 3. The van der Waals surface area contributed by atoms with Crippen molar-refractivity contribution in [3.8, 4) is 0 Å². The molecule has 0 rings (SSSR count). The number of carbonyl (C=O) groups is 1. The molecular weight excluding hydrogens is 175 g/mol. The van der Waals surface area contributed by atoms with Gasteiger partial charge in [-0.25, -0.2) is 4.39 Å². The number of aliphatic carboxylic acids is 1. The number of carboxylic acids is 1. The lowest BCUT2D eigenvalue weighted by Crippen LogP contribution is -2.31. The van der Waals surface area contributed by atoms with Crippen molar-refractivity contribution in [1.29, 1.82) is 0 Å². The molecule has 0 saturated carbocycles. The van der Waals surface area contributed by atoms with Crippen molar-refractivity contribution in [2.75, 3.05) is 13.6 Å². The van der Waals surface area contributed by atoms with Gasteiger partial charge in [0.15, 0.2) is 0 Å². The van der Waals surface area contributed by atoms with E-state index in [1.165, 1.54) is 7.05 Å². The molecule has 0 unspecified atom stereocenters. The van der Waals surface area contributed by atoms with Crippen molar-refractivity contribution in [2.45, 2.75) is 18.9 Å². The summed E-state index contributed by atoms with van der Waals surface area (Å²) >= 11 is 0. The fourth-order valence-corrected chi connectivity index (χ4v) is 0.813. The number of hydrogen-bond acceptors (Lipinski definition) is 3. The molecule has 0 aromatic rings. The molecule has 76 valence electrons. The van der Waals surface area contributed by atoms with Gasteiger partial charge in [0.2, 0.25) is 0 Å². The Morgan fingerprint density at radius 1 is 1.77 bits per heavy atom. The second-order valence-corrected chi connectivity index (χ2v) is 2.61.